The van der Waals surface area contributed by atoms with Crippen molar-refractivity contribution in [3.8, 4) is 0 Å². The lowest BCUT2D eigenvalue weighted by atomic mass is 9.72. The summed E-state index contributed by atoms with van der Waals surface area (Å²) in [5.74, 6) is -2.29. The zero-order valence-corrected chi connectivity index (χ0v) is 15.9. The fourth-order valence-electron chi connectivity index (χ4n) is 4.43. The Labute approximate surface area is 155 Å². The Hall–Kier alpha value is -1.62. The van der Waals surface area contributed by atoms with E-state index in [-0.39, 0.29) is 17.9 Å². The van der Waals surface area contributed by atoms with Crippen LogP contribution in [0.5, 0.6) is 0 Å². The van der Waals surface area contributed by atoms with Crippen molar-refractivity contribution in [1.82, 2.24) is 0 Å². The molecule has 3 atom stereocenters. The van der Waals surface area contributed by atoms with Gasteiger partial charge in [-0.05, 0) is 46.0 Å². The molecule has 5 heteroatoms. The van der Waals surface area contributed by atoms with Gasteiger partial charge in [-0.1, -0.05) is 32.4 Å². The van der Waals surface area contributed by atoms with Crippen molar-refractivity contribution >= 4 is 11.9 Å². The van der Waals surface area contributed by atoms with Gasteiger partial charge in [-0.2, -0.15) is 0 Å². The Morgan fingerprint density at radius 2 is 1.42 bits per heavy atom. The first-order valence-electron chi connectivity index (χ1n) is 9.76. The molecule has 1 saturated heterocycles. The minimum absolute atomic E-state index is 0.00292. The number of carbonyl (C=O) groups excluding carboxylic acids is 2. The van der Waals surface area contributed by atoms with E-state index in [0.717, 1.165) is 51.4 Å². The Balaban J connectivity index is 1.95. The summed E-state index contributed by atoms with van der Waals surface area (Å²) in [6.45, 7) is 10.7. The second-order valence-corrected chi connectivity index (χ2v) is 8.12. The Morgan fingerprint density at radius 3 is 1.92 bits per heavy atom. The summed E-state index contributed by atoms with van der Waals surface area (Å²) in [5, 5.41) is 0. The fraction of sp³-hybridized carbons (Fsp3) is 0.714. The third-order valence-corrected chi connectivity index (χ3v) is 5.95. The summed E-state index contributed by atoms with van der Waals surface area (Å²) < 4.78 is 17.7. The molecule has 2 aliphatic carbocycles. The fourth-order valence-corrected chi connectivity index (χ4v) is 4.43. The zero-order valence-electron chi connectivity index (χ0n) is 15.9. The van der Waals surface area contributed by atoms with Gasteiger partial charge in [-0.15, -0.1) is 0 Å². The first-order valence-corrected chi connectivity index (χ1v) is 9.76. The Bertz CT molecular complexity index is 574. The third-order valence-electron chi connectivity index (χ3n) is 5.95. The van der Waals surface area contributed by atoms with Crippen molar-refractivity contribution in [3.63, 3.8) is 0 Å². The second kappa shape index (κ2) is 7.55. The molecule has 0 aromatic rings. The molecular weight excluding hydrogens is 332 g/mol. The van der Waals surface area contributed by atoms with Gasteiger partial charge in [0.1, 0.15) is 0 Å². The summed E-state index contributed by atoms with van der Waals surface area (Å²) in [4.78, 5) is 25.0. The maximum atomic E-state index is 12.5. The van der Waals surface area contributed by atoms with Crippen molar-refractivity contribution in [2.24, 2.45) is 11.8 Å². The average Bonchev–Trinajstić information content (AvgIpc) is 3.40. The predicted octanol–water partition coefficient (Wildman–Crippen LogP) is 4.07. The predicted molar refractivity (Wildman–Crippen MR) is 97.1 cm³/mol. The third kappa shape index (κ3) is 3.88. The maximum absolute atomic E-state index is 12.5. The van der Waals surface area contributed by atoms with Gasteiger partial charge in [-0.3, -0.25) is 0 Å². The van der Waals surface area contributed by atoms with Gasteiger partial charge in [0.25, 0.3) is 5.79 Å². The van der Waals surface area contributed by atoms with Gasteiger partial charge in [0.2, 0.25) is 0 Å². The first kappa shape index (κ1) is 19.2. The van der Waals surface area contributed by atoms with Crippen LogP contribution in [0, 0.1) is 11.8 Å². The SMILES string of the molecule is C=C(C)C(=O)OC(OC(=O)C(=C)C)(C1CCCCC1)C1CCC2OC2C1. The van der Waals surface area contributed by atoms with E-state index < -0.39 is 17.7 Å². The quantitative estimate of drug-likeness (QED) is 0.308. The summed E-state index contributed by atoms with van der Waals surface area (Å²) in [6.07, 6.45) is 8.06. The minimum atomic E-state index is -1.25. The summed E-state index contributed by atoms with van der Waals surface area (Å²) in [7, 11) is 0. The number of hydrogen-bond donors (Lipinski definition) is 0. The lowest BCUT2D eigenvalue weighted by Crippen LogP contribution is -2.54. The van der Waals surface area contributed by atoms with E-state index in [1.54, 1.807) is 13.8 Å². The second-order valence-electron chi connectivity index (χ2n) is 8.12. The van der Waals surface area contributed by atoms with Crippen LogP contribution in [-0.4, -0.2) is 29.9 Å². The van der Waals surface area contributed by atoms with Crippen LogP contribution in [0.3, 0.4) is 0 Å². The topological polar surface area (TPSA) is 65.1 Å². The van der Waals surface area contributed by atoms with Crippen molar-refractivity contribution in [2.45, 2.75) is 83.2 Å². The van der Waals surface area contributed by atoms with Crippen molar-refractivity contribution in [1.29, 1.82) is 0 Å². The van der Waals surface area contributed by atoms with E-state index in [9.17, 15) is 9.59 Å². The summed E-state index contributed by atoms with van der Waals surface area (Å²) in [5.41, 5.74) is 0.626. The summed E-state index contributed by atoms with van der Waals surface area (Å²) >= 11 is 0. The van der Waals surface area contributed by atoms with Gasteiger partial charge in [0.15, 0.2) is 0 Å². The molecule has 26 heavy (non-hydrogen) atoms. The van der Waals surface area contributed by atoms with Crippen molar-refractivity contribution in [2.75, 3.05) is 0 Å². The average molecular weight is 362 g/mol. The zero-order chi connectivity index (χ0) is 18.9. The standard InChI is InChI=1S/C21H30O5/c1-13(2)19(22)25-21(26-20(23)14(3)4,15-8-6-5-7-9-15)16-10-11-17-18(12-16)24-17/h15-18H,1,3,5-12H2,2,4H3. The van der Waals surface area contributed by atoms with Gasteiger partial charge in [-0.25, -0.2) is 9.59 Å². The molecule has 3 unspecified atom stereocenters. The molecule has 3 rings (SSSR count). The van der Waals surface area contributed by atoms with Crippen molar-refractivity contribution < 1.29 is 23.8 Å². The minimum Gasteiger partial charge on any atom is -0.418 e. The molecule has 3 fully saturated rings. The highest BCUT2D eigenvalue weighted by Gasteiger charge is 2.57. The van der Waals surface area contributed by atoms with Gasteiger partial charge in [0, 0.05) is 23.0 Å². The number of esters is 2. The number of ether oxygens (including phenoxy) is 3. The van der Waals surface area contributed by atoms with E-state index in [0.29, 0.717) is 17.3 Å². The summed E-state index contributed by atoms with van der Waals surface area (Å²) in [6, 6.07) is 0. The number of epoxide rings is 1. The molecule has 0 N–H and O–H groups in total. The lowest BCUT2D eigenvalue weighted by Gasteiger charge is -2.46. The highest BCUT2D eigenvalue weighted by atomic mass is 16.7. The van der Waals surface area contributed by atoms with E-state index in [1.807, 2.05) is 0 Å². The molecule has 0 aromatic carbocycles. The molecule has 1 aliphatic heterocycles. The number of fused-ring (bicyclic) bond motifs is 1. The van der Waals surface area contributed by atoms with Gasteiger partial charge < -0.3 is 14.2 Å². The molecule has 0 spiro atoms. The monoisotopic (exact) mass is 362 g/mol. The van der Waals surface area contributed by atoms with Gasteiger partial charge >= 0.3 is 11.9 Å². The molecule has 0 aromatic heterocycles. The van der Waals surface area contributed by atoms with Crippen LogP contribution >= 0.6 is 0 Å². The number of hydrogen-bond acceptors (Lipinski definition) is 5. The number of rotatable bonds is 6. The lowest BCUT2D eigenvalue weighted by molar-refractivity contribution is -0.273. The highest BCUT2D eigenvalue weighted by Crippen LogP contribution is 2.50. The van der Waals surface area contributed by atoms with E-state index in [2.05, 4.69) is 13.2 Å². The molecule has 5 nitrogen and oxygen atoms in total. The highest BCUT2D eigenvalue weighted by molar-refractivity contribution is 5.89. The molecule has 2 saturated carbocycles. The van der Waals surface area contributed by atoms with Crippen molar-refractivity contribution in [3.05, 3.63) is 24.3 Å². The first-order chi connectivity index (χ1) is 12.3. The Kier molecular flexibility index (Phi) is 5.56. The van der Waals surface area contributed by atoms with Crippen LogP contribution in [0.4, 0.5) is 0 Å². The van der Waals surface area contributed by atoms with Gasteiger partial charge in [0.05, 0.1) is 12.2 Å². The maximum Gasteiger partial charge on any atom is 0.336 e. The largest absolute Gasteiger partial charge is 0.418 e. The van der Waals surface area contributed by atoms with Crippen LogP contribution in [0.1, 0.15) is 65.2 Å². The van der Waals surface area contributed by atoms with Crippen LogP contribution < -0.4 is 0 Å². The smallest absolute Gasteiger partial charge is 0.336 e. The molecule has 0 amide bonds. The van der Waals surface area contributed by atoms with Crippen LogP contribution in [-0.2, 0) is 23.8 Å². The molecule has 0 bridgehead atoms. The van der Waals surface area contributed by atoms with Crippen LogP contribution in [0.15, 0.2) is 24.3 Å². The molecular formula is C21H30O5. The molecule has 144 valence electrons. The van der Waals surface area contributed by atoms with Crippen LogP contribution in [0.2, 0.25) is 0 Å². The van der Waals surface area contributed by atoms with E-state index in [4.69, 9.17) is 14.2 Å². The van der Waals surface area contributed by atoms with Crippen LogP contribution in [0.25, 0.3) is 0 Å². The van der Waals surface area contributed by atoms with E-state index in [1.165, 1.54) is 0 Å². The Morgan fingerprint density at radius 1 is 0.846 bits per heavy atom. The molecule has 3 aliphatic rings. The molecule has 0 radical (unpaired) electrons. The number of carbonyl (C=O) groups is 2. The molecule has 1 heterocycles. The normalized spacial score (nSPS) is 28.6. The van der Waals surface area contributed by atoms with E-state index >= 15 is 0 Å².